The van der Waals surface area contributed by atoms with Crippen LogP contribution in [0.1, 0.15) is 13.8 Å². The summed E-state index contributed by atoms with van der Waals surface area (Å²) in [6.45, 7) is 2.88. The Hall–Kier alpha value is -1.37. The van der Waals surface area contributed by atoms with E-state index in [4.69, 9.17) is 5.26 Å². The van der Waals surface area contributed by atoms with Crippen LogP contribution < -0.4 is 0 Å². The molecule has 0 aromatic rings. The fourth-order valence-corrected chi connectivity index (χ4v) is 0.730. The Morgan fingerprint density at radius 3 is 2.25 bits per heavy atom. The number of nitrogens with zero attached hydrogens (tertiary/aromatic N) is 1. The summed E-state index contributed by atoms with van der Waals surface area (Å²) in [7, 11) is 1.19. The molecule has 0 saturated heterocycles. The van der Waals surface area contributed by atoms with Gasteiger partial charge in [-0.15, -0.1) is 0 Å². The van der Waals surface area contributed by atoms with Gasteiger partial charge in [0.1, 0.15) is 5.78 Å². The first kappa shape index (κ1) is 10.6. The summed E-state index contributed by atoms with van der Waals surface area (Å²) in [5.41, 5.74) is 0. The summed E-state index contributed by atoms with van der Waals surface area (Å²) in [6.07, 6.45) is 0. The van der Waals surface area contributed by atoms with Crippen molar-refractivity contribution in [1.29, 1.82) is 5.26 Å². The highest BCUT2D eigenvalue weighted by atomic mass is 16.5. The summed E-state index contributed by atoms with van der Waals surface area (Å²) in [5, 5.41) is 8.54. The molecule has 0 aromatic heterocycles. The topological polar surface area (TPSA) is 67.2 Å². The van der Waals surface area contributed by atoms with E-state index in [1.165, 1.54) is 21.0 Å². The summed E-state index contributed by atoms with van der Waals surface area (Å²) in [6, 6.07) is 1.74. The van der Waals surface area contributed by atoms with Crippen molar-refractivity contribution in [2.75, 3.05) is 7.11 Å². The van der Waals surface area contributed by atoms with Gasteiger partial charge >= 0.3 is 5.97 Å². The van der Waals surface area contributed by atoms with Gasteiger partial charge in [0.05, 0.1) is 13.2 Å². The van der Waals surface area contributed by atoms with E-state index in [9.17, 15) is 9.59 Å². The molecule has 0 aliphatic heterocycles. The van der Waals surface area contributed by atoms with Crippen LogP contribution in [0.5, 0.6) is 0 Å². The van der Waals surface area contributed by atoms with Crippen LogP contribution in [0, 0.1) is 23.2 Å². The second-order valence-electron chi connectivity index (χ2n) is 2.53. The first-order valence-corrected chi connectivity index (χ1v) is 3.52. The van der Waals surface area contributed by atoms with Crippen molar-refractivity contribution in [2.45, 2.75) is 13.8 Å². The first-order valence-electron chi connectivity index (χ1n) is 3.52. The fraction of sp³-hybridized carbons (Fsp3) is 0.625. The minimum absolute atomic E-state index is 0.188. The van der Waals surface area contributed by atoms with Crippen LogP contribution in [0.3, 0.4) is 0 Å². The average Bonchev–Trinajstić information content (AvgIpc) is 2.05. The standard InChI is InChI=1S/C8H11NO3/c1-5(6(2)10)7(4-9)8(11)12-3/h5,7H,1-3H3. The molecule has 0 aromatic carbocycles. The zero-order valence-corrected chi connectivity index (χ0v) is 7.33. The number of methoxy groups -OCH3 is 1. The van der Waals surface area contributed by atoms with E-state index in [2.05, 4.69) is 4.74 Å². The van der Waals surface area contributed by atoms with Gasteiger partial charge in [0, 0.05) is 5.92 Å². The Bertz CT molecular complexity index is 229. The first-order chi connectivity index (χ1) is 5.54. The van der Waals surface area contributed by atoms with E-state index in [-0.39, 0.29) is 5.78 Å². The highest BCUT2D eigenvalue weighted by Crippen LogP contribution is 2.12. The Balaban J connectivity index is 4.48. The second kappa shape index (κ2) is 4.50. The lowest BCUT2D eigenvalue weighted by atomic mass is 9.92. The summed E-state index contributed by atoms with van der Waals surface area (Å²) >= 11 is 0. The maximum Gasteiger partial charge on any atom is 0.323 e. The molecular formula is C8H11NO3. The molecule has 0 amide bonds. The zero-order valence-electron chi connectivity index (χ0n) is 7.33. The Morgan fingerprint density at radius 2 is 2.00 bits per heavy atom. The third-order valence-corrected chi connectivity index (χ3v) is 1.74. The van der Waals surface area contributed by atoms with E-state index >= 15 is 0 Å². The van der Waals surface area contributed by atoms with Gasteiger partial charge in [-0.25, -0.2) is 0 Å². The lowest BCUT2D eigenvalue weighted by Crippen LogP contribution is -2.26. The number of ether oxygens (including phenoxy) is 1. The van der Waals surface area contributed by atoms with Gasteiger partial charge in [0.2, 0.25) is 0 Å². The number of hydrogen-bond acceptors (Lipinski definition) is 4. The molecular weight excluding hydrogens is 158 g/mol. The van der Waals surface area contributed by atoms with Gasteiger partial charge in [-0.2, -0.15) is 5.26 Å². The van der Waals surface area contributed by atoms with Crippen molar-refractivity contribution < 1.29 is 14.3 Å². The van der Waals surface area contributed by atoms with E-state index in [1.807, 2.05) is 0 Å². The highest BCUT2D eigenvalue weighted by molar-refractivity contribution is 5.86. The van der Waals surface area contributed by atoms with Crippen molar-refractivity contribution in [3.8, 4) is 6.07 Å². The molecule has 4 heteroatoms. The number of Topliss-reactive ketones (excluding diaryl/α,β-unsaturated/α-hetero) is 1. The Morgan fingerprint density at radius 1 is 1.50 bits per heavy atom. The van der Waals surface area contributed by atoms with Gasteiger partial charge in [0.25, 0.3) is 0 Å². The number of hydrogen-bond donors (Lipinski definition) is 0. The number of esters is 1. The molecule has 0 spiro atoms. The quantitative estimate of drug-likeness (QED) is 0.578. The molecule has 0 saturated carbocycles. The number of rotatable bonds is 3. The molecule has 2 unspecified atom stereocenters. The summed E-state index contributed by atoms with van der Waals surface area (Å²) in [5.74, 6) is -2.41. The van der Waals surface area contributed by atoms with Crippen LogP contribution >= 0.6 is 0 Å². The van der Waals surface area contributed by atoms with Crippen LogP contribution in [0.25, 0.3) is 0 Å². The summed E-state index contributed by atoms with van der Waals surface area (Å²) < 4.78 is 4.36. The minimum atomic E-state index is -0.979. The predicted octanol–water partition coefficient (Wildman–Crippen LogP) is 0.524. The second-order valence-corrected chi connectivity index (χ2v) is 2.53. The van der Waals surface area contributed by atoms with Gasteiger partial charge in [0.15, 0.2) is 5.92 Å². The van der Waals surface area contributed by atoms with Gasteiger partial charge in [-0.1, -0.05) is 6.92 Å². The number of ketones is 1. The molecule has 0 bridgehead atoms. The lowest BCUT2D eigenvalue weighted by Gasteiger charge is -2.11. The highest BCUT2D eigenvalue weighted by Gasteiger charge is 2.28. The molecule has 66 valence electrons. The van der Waals surface area contributed by atoms with Crippen LogP contribution in [-0.2, 0) is 14.3 Å². The number of carbonyl (C=O) groups is 2. The molecule has 0 heterocycles. The van der Waals surface area contributed by atoms with E-state index in [0.717, 1.165) is 0 Å². The van der Waals surface area contributed by atoms with Crippen LogP contribution in [0.4, 0.5) is 0 Å². The molecule has 0 N–H and O–H groups in total. The van der Waals surface area contributed by atoms with Gasteiger partial charge < -0.3 is 4.74 Å². The molecule has 0 radical (unpaired) electrons. The third-order valence-electron chi connectivity index (χ3n) is 1.74. The molecule has 12 heavy (non-hydrogen) atoms. The van der Waals surface area contributed by atoms with Crippen molar-refractivity contribution in [3.63, 3.8) is 0 Å². The van der Waals surface area contributed by atoms with Crippen molar-refractivity contribution in [2.24, 2.45) is 11.8 Å². The largest absolute Gasteiger partial charge is 0.468 e. The van der Waals surface area contributed by atoms with E-state index < -0.39 is 17.8 Å². The zero-order chi connectivity index (χ0) is 9.72. The molecule has 0 aliphatic rings. The molecule has 2 atom stereocenters. The fourth-order valence-electron chi connectivity index (χ4n) is 0.730. The van der Waals surface area contributed by atoms with Crippen LogP contribution in [-0.4, -0.2) is 18.9 Å². The summed E-state index contributed by atoms with van der Waals surface area (Å²) in [4.78, 5) is 21.7. The van der Waals surface area contributed by atoms with Gasteiger partial charge in [-0.3, -0.25) is 9.59 Å². The van der Waals surface area contributed by atoms with Crippen molar-refractivity contribution in [1.82, 2.24) is 0 Å². The lowest BCUT2D eigenvalue weighted by molar-refractivity contribution is -0.146. The Labute approximate surface area is 71.1 Å². The smallest absolute Gasteiger partial charge is 0.323 e. The monoisotopic (exact) mass is 169 g/mol. The van der Waals surface area contributed by atoms with Gasteiger partial charge in [-0.05, 0) is 6.92 Å². The third kappa shape index (κ3) is 2.35. The minimum Gasteiger partial charge on any atom is -0.468 e. The molecule has 0 rings (SSSR count). The molecule has 0 fully saturated rings. The molecule has 4 nitrogen and oxygen atoms in total. The maximum absolute atomic E-state index is 10.9. The van der Waals surface area contributed by atoms with E-state index in [1.54, 1.807) is 6.07 Å². The maximum atomic E-state index is 10.9. The normalized spacial score (nSPS) is 14.2. The van der Waals surface area contributed by atoms with Crippen LogP contribution in [0.2, 0.25) is 0 Å². The van der Waals surface area contributed by atoms with E-state index in [0.29, 0.717) is 0 Å². The molecule has 0 aliphatic carbocycles. The van der Waals surface area contributed by atoms with Crippen molar-refractivity contribution in [3.05, 3.63) is 0 Å². The predicted molar refractivity (Wildman–Crippen MR) is 41.0 cm³/mol. The average molecular weight is 169 g/mol. The number of carbonyl (C=O) groups excluding carboxylic acids is 2. The SMILES string of the molecule is COC(=O)C(C#N)C(C)C(C)=O. The Kier molecular flexibility index (Phi) is 3.98. The van der Waals surface area contributed by atoms with Crippen LogP contribution in [0.15, 0.2) is 0 Å². The van der Waals surface area contributed by atoms with Crippen molar-refractivity contribution >= 4 is 11.8 Å². The number of nitriles is 1.